The summed E-state index contributed by atoms with van der Waals surface area (Å²) in [5.41, 5.74) is 0.949. The van der Waals surface area contributed by atoms with Gasteiger partial charge in [-0.2, -0.15) is 4.39 Å². The third-order valence-electron chi connectivity index (χ3n) is 4.17. The zero-order chi connectivity index (χ0) is 16.9. The van der Waals surface area contributed by atoms with E-state index in [1.807, 2.05) is 24.3 Å². The van der Waals surface area contributed by atoms with E-state index in [-0.39, 0.29) is 6.04 Å². The van der Waals surface area contributed by atoms with Gasteiger partial charge >= 0.3 is 0 Å². The highest BCUT2D eigenvalue weighted by Gasteiger charge is 2.21. The molecular formula is C18H22FN3O2. The quantitative estimate of drug-likeness (QED) is 0.852. The van der Waals surface area contributed by atoms with Gasteiger partial charge in [-0.3, -0.25) is 0 Å². The van der Waals surface area contributed by atoms with Crippen LogP contribution in [0.2, 0.25) is 0 Å². The molecule has 6 heteroatoms. The summed E-state index contributed by atoms with van der Waals surface area (Å²) in [6.07, 6.45) is 2.07. The zero-order valence-electron chi connectivity index (χ0n) is 14.0. The SMILES string of the molecule is COc1cc(NC2CCCN(c3cccc(F)n3)C2)cc(OC)c1. The van der Waals surface area contributed by atoms with Crippen molar-refractivity contribution in [3.05, 3.63) is 42.3 Å². The summed E-state index contributed by atoms with van der Waals surface area (Å²) < 4.78 is 24.0. The van der Waals surface area contributed by atoms with Crippen LogP contribution in [0.15, 0.2) is 36.4 Å². The number of hydrogen-bond donors (Lipinski definition) is 1. The van der Waals surface area contributed by atoms with Crippen LogP contribution in [0, 0.1) is 5.95 Å². The van der Waals surface area contributed by atoms with Crippen LogP contribution in [0.5, 0.6) is 11.5 Å². The Morgan fingerprint density at radius 1 is 1.17 bits per heavy atom. The van der Waals surface area contributed by atoms with E-state index in [0.717, 1.165) is 43.1 Å². The number of aromatic nitrogens is 1. The van der Waals surface area contributed by atoms with Crippen molar-refractivity contribution in [1.82, 2.24) is 4.98 Å². The van der Waals surface area contributed by atoms with Crippen molar-refractivity contribution in [2.24, 2.45) is 0 Å². The average molecular weight is 331 g/mol. The molecule has 0 aliphatic carbocycles. The van der Waals surface area contributed by atoms with Gasteiger partial charge in [0.15, 0.2) is 0 Å². The molecule has 1 aromatic heterocycles. The molecule has 1 saturated heterocycles. The Morgan fingerprint density at radius 3 is 2.58 bits per heavy atom. The predicted octanol–water partition coefficient (Wildman–Crippen LogP) is 3.32. The van der Waals surface area contributed by atoms with Crippen molar-refractivity contribution < 1.29 is 13.9 Å². The van der Waals surface area contributed by atoms with Crippen molar-refractivity contribution in [3.63, 3.8) is 0 Å². The molecule has 0 bridgehead atoms. The monoisotopic (exact) mass is 331 g/mol. The number of ether oxygens (including phenoxy) is 2. The molecule has 1 aliphatic heterocycles. The second-order valence-electron chi connectivity index (χ2n) is 5.85. The van der Waals surface area contributed by atoms with Crippen molar-refractivity contribution >= 4 is 11.5 Å². The first kappa shape index (κ1) is 16.4. The number of piperidine rings is 1. The molecule has 1 unspecified atom stereocenters. The van der Waals surface area contributed by atoms with Crippen LogP contribution >= 0.6 is 0 Å². The van der Waals surface area contributed by atoms with Crippen LogP contribution < -0.4 is 19.7 Å². The van der Waals surface area contributed by atoms with Crippen molar-refractivity contribution in [2.75, 3.05) is 37.5 Å². The lowest BCUT2D eigenvalue weighted by molar-refractivity contribution is 0.394. The molecule has 0 spiro atoms. The van der Waals surface area contributed by atoms with Gasteiger partial charge in [-0.15, -0.1) is 0 Å². The first-order valence-electron chi connectivity index (χ1n) is 8.05. The standard InChI is InChI=1S/C18H22FN3O2/c1-23-15-9-14(10-16(11-15)24-2)20-13-5-4-8-22(12-13)18-7-3-6-17(19)21-18/h3,6-7,9-11,13,20H,4-5,8,12H2,1-2H3. The number of halogens is 1. The molecule has 1 fully saturated rings. The van der Waals surface area contributed by atoms with Crippen LogP contribution in [0.4, 0.5) is 15.9 Å². The predicted molar refractivity (Wildman–Crippen MR) is 92.6 cm³/mol. The van der Waals surface area contributed by atoms with Gasteiger partial charge in [0.05, 0.1) is 14.2 Å². The van der Waals surface area contributed by atoms with E-state index in [9.17, 15) is 4.39 Å². The fourth-order valence-corrected chi connectivity index (χ4v) is 3.00. The van der Waals surface area contributed by atoms with E-state index in [1.54, 1.807) is 20.3 Å². The lowest BCUT2D eigenvalue weighted by Crippen LogP contribution is -2.42. The number of pyridine rings is 1. The molecule has 1 aromatic carbocycles. The van der Waals surface area contributed by atoms with E-state index >= 15 is 0 Å². The Hall–Kier alpha value is -2.50. The summed E-state index contributed by atoms with van der Waals surface area (Å²) in [7, 11) is 3.27. The van der Waals surface area contributed by atoms with Crippen LogP contribution in [-0.2, 0) is 0 Å². The minimum atomic E-state index is -0.444. The van der Waals surface area contributed by atoms with Gasteiger partial charge in [0.2, 0.25) is 5.95 Å². The second-order valence-corrected chi connectivity index (χ2v) is 5.85. The number of hydrogen-bond acceptors (Lipinski definition) is 5. The lowest BCUT2D eigenvalue weighted by atomic mass is 10.1. The molecule has 2 heterocycles. The molecule has 0 radical (unpaired) electrons. The van der Waals surface area contributed by atoms with Crippen LogP contribution in [0.1, 0.15) is 12.8 Å². The first-order valence-corrected chi connectivity index (χ1v) is 8.05. The van der Waals surface area contributed by atoms with E-state index in [0.29, 0.717) is 5.82 Å². The Kier molecular flexibility index (Phi) is 5.03. The molecule has 24 heavy (non-hydrogen) atoms. The summed E-state index contributed by atoms with van der Waals surface area (Å²) in [6, 6.07) is 10.9. The van der Waals surface area contributed by atoms with Gasteiger partial charge in [-0.05, 0) is 25.0 Å². The van der Waals surface area contributed by atoms with Crippen molar-refractivity contribution in [2.45, 2.75) is 18.9 Å². The van der Waals surface area contributed by atoms with Crippen molar-refractivity contribution in [1.29, 1.82) is 0 Å². The van der Waals surface area contributed by atoms with Crippen molar-refractivity contribution in [3.8, 4) is 11.5 Å². The van der Waals surface area contributed by atoms with Crippen LogP contribution in [-0.4, -0.2) is 38.3 Å². The zero-order valence-corrected chi connectivity index (χ0v) is 14.0. The maximum absolute atomic E-state index is 13.4. The maximum atomic E-state index is 13.4. The summed E-state index contributed by atoms with van der Waals surface area (Å²) >= 11 is 0. The molecule has 0 amide bonds. The second kappa shape index (κ2) is 7.38. The molecule has 1 N–H and O–H groups in total. The highest BCUT2D eigenvalue weighted by molar-refractivity contribution is 5.54. The summed E-state index contributed by atoms with van der Waals surface area (Å²) in [5, 5.41) is 3.52. The summed E-state index contributed by atoms with van der Waals surface area (Å²) in [5.74, 6) is 1.73. The minimum absolute atomic E-state index is 0.251. The number of benzene rings is 1. The number of rotatable bonds is 5. The molecule has 128 valence electrons. The Balaban J connectivity index is 1.71. The van der Waals surface area contributed by atoms with Gasteiger partial charge in [0.1, 0.15) is 17.3 Å². The molecule has 1 aliphatic rings. The topological polar surface area (TPSA) is 46.6 Å². The maximum Gasteiger partial charge on any atom is 0.214 e. The Morgan fingerprint density at radius 2 is 1.92 bits per heavy atom. The number of nitrogens with one attached hydrogen (secondary N) is 1. The Labute approximate surface area is 141 Å². The highest BCUT2D eigenvalue weighted by atomic mass is 19.1. The minimum Gasteiger partial charge on any atom is -0.497 e. The fourth-order valence-electron chi connectivity index (χ4n) is 3.00. The molecular weight excluding hydrogens is 309 g/mol. The van der Waals surface area contributed by atoms with E-state index in [4.69, 9.17) is 9.47 Å². The number of methoxy groups -OCH3 is 2. The number of nitrogens with zero attached hydrogens (tertiary/aromatic N) is 2. The molecule has 1 atom stereocenters. The smallest absolute Gasteiger partial charge is 0.214 e. The molecule has 3 rings (SSSR count). The van der Waals surface area contributed by atoms with Gasteiger partial charge < -0.3 is 19.7 Å². The molecule has 0 saturated carbocycles. The van der Waals surface area contributed by atoms with Gasteiger partial charge in [-0.1, -0.05) is 6.07 Å². The van der Waals surface area contributed by atoms with Gasteiger partial charge in [0.25, 0.3) is 0 Å². The molecule has 2 aromatic rings. The largest absolute Gasteiger partial charge is 0.497 e. The molecule has 5 nitrogen and oxygen atoms in total. The van der Waals surface area contributed by atoms with Crippen LogP contribution in [0.3, 0.4) is 0 Å². The van der Waals surface area contributed by atoms with E-state index in [2.05, 4.69) is 15.2 Å². The third-order valence-corrected chi connectivity index (χ3v) is 4.17. The van der Waals surface area contributed by atoms with Crippen LogP contribution in [0.25, 0.3) is 0 Å². The first-order chi connectivity index (χ1) is 11.7. The summed E-state index contributed by atoms with van der Waals surface area (Å²) in [6.45, 7) is 1.66. The van der Waals surface area contributed by atoms with E-state index in [1.165, 1.54) is 6.07 Å². The highest BCUT2D eigenvalue weighted by Crippen LogP contribution is 2.28. The van der Waals surface area contributed by atoms with E-state index < -0.39 is 5.95 Å². The van der Waals surface area contributed by atoms with Gasteiger partial charge in [-0.25, -0.2) is 4.98 Å². The van der Waals surface area contributed by atoms with Gasteiger partial charge in [0, 0.05) is 43.0 Å². The lowest BCUT2D eigenvalue weighted by Gasteiger charge is -2.34. The fraction of sp³-hybridized carbons (Fsp3) is 0.389. The number of anilines is 2. The average Bonchev–Trinajstić information content (AvgIpc) is 2.61. The third kappa shape index (κ3) is 3.88. The summed E-state index contributed by atoms with van der Waals surface area (Å²) in [4.78, 5) is 6.10. The normalized spacial score (nSPS) is 17.5. The Bertz CT molecular complexity index is 673.